The predicted octanol–water partition coefficient (Wildman–Crippen LogP) is 0.551. The molecule has 1 fully saturated rings. The third-order valence-electron chi connectivity index (χ3n) is 3.01. The summed E-state index contributed by atoms with van der Waals surface area (Å²) >= 11 is 0. The van der Waals surface area contributed by atoms with Gasteiger partial charge in [0.15, 0.2) is 0 Å². The summed E-state index contributed by atoms with van der Waals surface area (Å²) in [5.41, 5.74) is 0. The van der Waals surface area contributed by atoms with Crippen LogP contribution in [0.3, 0.4) is 0 Å². The minimum atomic E-state index is -0.856. The van der Waals surface area contributed by atoms with E-state index in [1.807, 2.05) is 6.07 Å². The Balaban J connectivity index is 2.48. The third kappa shape index (κ3) is 5.25. The van der Waals surface area contributed by atoms with Crippen LogP contribution in [0.15, 0.2) is 0 Å². The molecule has 1 aliphatic heterocycles. The molecule has 0 amide bonds. The molecule has 0 aliphatic carbocycles. The first-order valence-corrected chi connectivity index (χ1v) is 6.47. The summed E-state index contributed by atoms with van der Waals surface area (Å²) in [6, 6.07) is 4.09. The highest BCUT2D eigenvalue weighted by Crippen LogP contribution is 2.15. The monoisotopic (exact) mass is 265 g/mol. The molecule has 19 heavy (non-hydrogen) atoms. The topological polar surface area (TPSA) is 86.3 Å². The van der Waals surface area contributed by atoms with Gasteiger partial charge in [-0.05, 0) is 13.3 Å². The van der Waals surface area contributed by atoms with Crippen LogP contribution in [0.2, 0.25) is 0 Å². The van der Waals surface area contributed by atoms with E-state index >= 15 is 0 Å². The van der Waals surface area contributed by atoms with Gasteiger partial charge in [0.1, 0.15) is 5.92 Å². The first kappa shape index (κ1) is 15.4. The maximum Gasteiger partial charge on any atom is 0.323 e. The summed E-state index contributed by atoms with van der Waals surface area (Å²) in [6.07, 6.45) is 0.225. The van der Waals surface area contributed by atoms with E-state index in [0.717, 1.165) is 13.1 Å². The molecule has 0 spiro atoms. The van der Waals surface area contributed by atoms with Gasteiger partial charge in [0.2, 0.25) is 0 Å². The van der Waals surface area contributed by atoms with E-state index in [0.29, 0.717) is 19.8 Å². The van der Waals surface area contributed by atoms with Crippen LogP contribution in [0.1, 0.15) is 13.3 Å². The molecule has 2 unspecified atom stereocenters. The lowest BCUT2D eigenvalue weighted by atomic mass is 9.96. The summed E-state index contributed by atoms with van der Waals surface area (Å²) in [6.45, 7) is 5.41. The molecule has 104 valence electrons. The maximum atomic E-state index is 11.5. The number of esters is 1. The minimum absolute atomic E-state index is 0.225. The zero-order valence-corrected chi connectivity index (χ0v) is 11.2. The fourth-order valence-corrected chi connectivity index (χ4v) is 1.99. The zero-order valence-electron chi connectivity index (χ0n) is 11.2. The van der Waals surface area contributed by atoms with E-state index in [9.17, 15) is 4.79 Å². The van der Waals surface area contributed by atoms with Crippen molar-refractivity contribution >= 4 is 5.97 Å². The predicted molar refractivity (Wildman–Crippen MR) is 66.7 cm³/mol. The molecule has 0 aromatic carbocycles. The Morgan fingerprint density at radius 3 is 2.58 bits per heavy atom. The van der Waals surface area contributed by atoms with E-state index in [-0.39, 0.29) is 18.9 Å². The molecule has 1 rings (SSSR count). The van der Waals surface area contributed by atoms with Crippen molar-refractivity contribution in [1.82, 2.24) is 4.90 Å². The lowest BCUT2D eigenvalue weighted by molar-refractivity contribution is -0.146. The highest BCUT2D eigenvalue weighted by molar-refractivity contribution is 5.75. The Bertz CT molecular complexity index is 366. The number of hydrogen-bond acceptors (Lipinski definition) is 6. The van der Waals surface area contributed by atoms with Crippen LogP contribution in [0.4, 0.5) is 0 Å². The van der Waals surface area contributed by atoms with Gasteiger partial charge >= 0.3 is 5.97 Å². The van der Waals surface area contributed by atoms with Gasteiger partial charge in [-0.3, -0.25) is 9.69 Å². The number of nitrogens with zero attached hydrogens (tertiary/aromatic N) is 3. The molecule has 1 heterocycles. The first-order valence-electron chi connectivity index (χ1n) is 6.47. The van der Waals surface area contributed by atoms with E-state index < -0.39 is 11.9 Å². The number of ether oxygens (including phenoxy) is 2. The molecule has 2 atom stereocenters. The first-order chi connectivity index (χ1) is 9.21. The number of morpholine rings is 1. The molecular weight excluding hydrogens is 246 g/mol. The molecular formula is C13H19N3O3. The minimum Gasteiger partial charge on any atom is -0.465 e. The van der Waals surface area contributed by atoms with Crippen LogP contribution in [-0.2, 0) is 14.3 Å². The molecule has 6 heteroatoms. The van der Waals surface area contributed by atoms with Gasteiger partial charge in [-0.1, -0.05) is 0 Å². The second-order valence-electron chi connectivity index (χ2n) is 4.41. The maximum absolute atomic E-state index is 11.5. The molecule has 6 nitrogen and oxygen atoms in total. The highest BCUT2D eigenvalue weighted by Gasteiger charge is 2.25. The van der Waals surface area contributed by atoms with Crippen LogP contribution in [0.25, 0.3) is 0 Å². The normalized spacial score (nSPS) is 18.9. The van der Waals surface area contributed by atoms with Gasteiger partial charge in [-0.15, -0.1) is 0 Å². The number of carbonyl (C=O) groups is 1. The number of hydrogen-bond donors (Lipinski definition) is 0. The molecule has 0 saturated carbocycles. The smallest absolute Gasteiger partial charge is 0.323 e. The second-order valence-corrected chi connectivity index (χ2v) is 4.41. The molecule has 0 radical (unpaired) electrons. The lowest BCUT2D eigenvalue weighted by Crippen LogP contribution is -2.39. The highest BCUT2D eigenvalue weighted by atomic mass is 16.5. The third-order valence-corrected chi connectivity index (χ3v) is 3.01. The van der Waals surface area contributed by atoms with Crippen molar-refractivity contribution in [2.75, 3.05) is 39.5 Å². The van der Waals surface area contributed by atoms with Crippen molar-refractivity contribution in [3.05, 3.63) is 0 Å². The number of nitriles is 2. The molecule has 1 saturated heterocycles. The molecule has 1 aliphatic rings. The van der Waals surface area contributed by atoms with Crippen LogP contribution >= 0.6 is 0 Å². The average Bonchev–Trinajstić information content (AvgIpc) is 2.44. The second kappa shape index (κ2) is 8.47. The van der Waals surface area contributed by atoms with Crippen molar-refractivity contribution in [1.29, 1.82) is 10.5 Å². The van der Waals surface area contributed by atoms with Gasteiger partial charge in [0, 0.05) is 19.6 Å². The SMILES string of the molecule is CCOC(=O)C(C#N)CC(C#N)CN1CCOCC1. The summed E-state index contributed by atoms with van der Waals surface area (Å²) in [4.78, 5) is 13.7. The van der Waals surface area contributed by atoms with E-state index in [1.54, 1.807) is 6.92 Å². The number of carbonyl (C=O) groups excluding carboxylic acids is 1. The Hall–Kier alpha value is -1.63. The van der Waals surface area contributed by atoms with Crippen molar-refractivity contribution in [3.8, 4) is 12.1 Å². The molecule has 0 aromatic heterocycles. The molecule has 0 aromatic rings. The van der Waals surface area contributed by atoms with Gasteiger partial charge in [0.25, 0.3) is 0 Å². The summed E-state index contributed by atoms with van der Waals surface area (Å²) in [5.74, 6) is -1.73. The van der Waals surface area contributed by atoms with Gasteiger partial charge < -0.3 is 9.47 Å². The number of rotatable bonds is 6. The van der Waals surface area contributed by atoms with E-state index in [4.69, 9.17) is 20.0 Å². The van der Waals surface area contributed by atoms with Crippen molar-refractivity contribution in [2.24, 2.45) is 11.8 Å². The largest absolute Gasteiger partial charge is 0.465 e. The van der Waals surface area contributed by atoms with Gasteiger partial charge in [-0.25, -0.2) is 0 Å². The summed E-state index contributed by atoms with van der Waals surface area (Å²) in [5, 5.41) is 18.1. The molecule has 0 N–H and O–H groups in total. The van der Waals surface area contributed by atoms with Crippen molar-refractivity contribution in [2.45, 2.75) is 13.3 Å². The van der Waals surface area contributed by atoms with E-state index in [1.165, 1.54) is 0 Å². The standard InChI is InChI=1S/C13H19N3O3/c1-2-19-13(17)12(9-15)7-11(8-14)10-16-3-5-18-6-4-16/h11-12H,2-7,10H2,1H3. The molecule has 0 bridgehead atoms. The average molecular weight is 265 g/mol. The fourth-order valence-electron chi connectivity index (χ4n) is 1.99. The van der Waals surface area contributed by atoms with Crippen molar-refractivity contribution in [3.63, 3.8) is 0 Å². The van der Waals surface area contributed by atoms with Crippen LogP contribution in [0, 0.1) is 34.5 Å². The van der Waals surface area contributed by atoms with Crippen LogP contribution in [0.5, 0.6) is 0 Å². The zero-order chi connectivity index (χ0) is 14.1. The fraction of sp³-hybridized carbons (Fsp3) is 0.769. The van der Waals surface area contributed by atoms with Gasteiger partial charge in [-0.2, -0.15) is 10.5 Å². The Morgan fingerprint density at radius 2 is 2.05 bits per heavy atom. The Kier molecular flexibility index (Phi) is 6.88. The van der Waals surface area contributed by atoms with Crippen LogP contribution in [-0.4, -0.2) is 50.3 Å². The Morgan fingerprint density at radius 1 is 1.37 bits per heavy atom. The Labute approximate surface area is 113 Å². The quantitative estimate of drug-likeness (QED) is 0.652. The van der Waals surface area contributed by atoms with Gasteiger partial charge in [0.05, 0.1) is 37.9 Å². The van der Waals surface area contributed by atoms with E-state index in [2.05, 4.69) is 11.0 Å². The summed E-state index contributed by atoms with van der Waals surface area (Å²) in [7, 11) is 0. The van der Waals surface area contributed by atoms with Crippen LogP contribution < -0.4 is 0 Å². The lowest BCUT2D eigenvalue weighted by Gasteiger charge is -2.28. The summed E-state index contributed by atoms with van der Waals surface area (Å²) < 4.78 is 10.1. The van der Waals surface area contributed by atoms with Crippen molar-refractivity contribution < 1.29 is 14.3 Å².